The summed E-state index contributed by atoms with van der Waals surface area (Å²) in [5, 5.41) is 13.9. The second kappa shape index (κ2) is 8.10. The van der Waals surface area contributed by atoms with E-state index in [-0.39, 0.29) is 18.0 Å². The third kappa shape index (κ3) is 4.10. The minimum Gasteiger partial charge on any atom is -0.496 e. The number of rotatable bonds is 6. The van der Waals surface area contributed by atoms with Crippen molar-refractivity contribution in [1.29, 1.82) is 0 Å². The molecule has 4 rings (SSSR count). The van der Waals surface area contributed by atoms with Crippen LogP contribution in [-0.4, -0.2) is 30.3 Å². The molecule has 2 aromatic carbocycles. The molecule has 1 aliphatic heterocycles. The second-order valence-corrected chi connectivity index (χ2v) is 7.26. The average molecular weight is 414 g/mol. The fraction of sp³-hybridized carbons (Fsp3) is 0.381. The SMILES string of the molecule is COc1ccc(OCC(=O)Nc2ccc3c(c2)OC2(CCCCC2)O3)c([N+](=O)[O-])c1. The summed E-state index contributed by atoms with van der Waals surface area (Å²) in [5.74, 6) is 0.544. The molecule has 1 N–H and O–H groups in total. The number of nitro groups is 1. The van der Waals surface area contributed by atoms with Crippen molar-refractivity contribution >= 4 is 17.3 Å². The summed E-state index contributed by atoms with van der Waals surface area (Å²) in [5.41, 5.74) is 0.256. The van der Waals surface area contributed by atoms with Gasteiger partial charge in [-0.25, -0.2) is 0 Å². The maximum Gasteiger partial charge on any atom is 0.314 e. The zero-order chi connectivity index (χ0) is 21.1. The number of benzene rings is 2. The number of ether oxygens (including phenoxy) is 4. The molecule has 2 aliphatic rings. The fourth-order valence-corrected chi connectivity index (χ4v) is 3.70. The quantitative estimate of drug-likeness (QED) is 0.561. The molecule has 158 valence electrons. The van der Waals surface area contributed by atoms with E-state index in [1.165, 1.54) is 31.7 Å². The van der Waals surface area contributed by atoms with Crippen molar-refractivity contribution in [3.05, 3.63) is 46.5 Å². The average Bonchev–Trinajstić information content (AvgIpc) is 3.09. The molecule has 1 fully saturated rings. The van der Waals surface area contributed by atoms with Gasteiger partial charge in [0.15, 0.2) is 23.9 Å². The maximum absolute atomic E-state index is 12.3. The van der Waals surface area contributed by atoms with Crippen LogP contribution in [0.15, 0.2) is 36.4 Å². The molecule has 0 bridgehead atoms. The molecule has 1 saturated carbocycles. The van der Waals surface area contributed by atoms with Gasteiger partial charge in [0.2, 0.25) is 0 Å². The van der Waals surface area contributed by atoms with Crippen molar-refractivity contribution in [2.45, 2.75) is 37.9 Å². The maximum atomic E-state index is 12.3. The fourth-order valence-electron chi connectivity index (χ4n) is 3.70. The van der Waals surface area contributed by atoms with Gasteiger partial charge < -0.3 is 24.3 Å². The number of nitrogens with zero attached hydrogens (tertiary/aromatic N) is 1. The van der Waals surface area contributed by atoms with E-state index in [0.717, 1.165) is 25.7 Å². The Balaban J connectivity index is 1.38. The number of hydrogen-bond donors (Lipinski definition) is 1. The van der Waals surface area contributed by atoms with Crippen LogP contribution in [0.3, 0.4) is 0 Å². The highest BCUT2D eigenvalue weighted by Gasteiger charge is 2.42. The number of nitro benzene ring substituents is 1. The molecule has 30 heavy (non-hydrogen) atoms. The van der Waals surface area contributed by atoms with Gasteiger partial charge in [-0.05, 0) is 37.1 Å². The minimum absolute atomic E-state index is 0.0131. The van der Waals surface area contributed by atoms with Crippen LogP contribution < -0.4 is 24.3 Å². The Kier molecular flexibility index (Phi) is 5.35. The van der Waals surface area contributed by atoms with Gasteiger partial charge in [0.1, 0.15) is 5.75 Å². The first-order chi connectivity index (χ1) is 14.5. The van der Waals surface area contributed by atoms with Crippen LogP contribution in [0.4, 0.5) is 11.4 Å². The number of carbonyl (C=O) groups excluding carboxylic acids is 1. The van der Waals surface area contributed by atoms with E-state index in [2.05, 4.69) is 5.32 Å². The Hall–Kier alpha value is -3.49. The van der Waals surface area contributed by atoms with Crippen LogP contribution in [0, 0.1) is 10.1 Å². The van der Waals surface area contributed by atoms with Crippen LogP contribution >= 0.6 is 0 Å². The molecular formula is C21H22N2O7. The molecule has 0 radical (unpaired) electrons. The predicted molar refractivity (Wildman–Crippen MR) is 107 cm³/mol. The molecule has 0 atom stereocenters. The number of amides is 1. The van der Waals surface area contributed by atoms with Crippen molar-refractivity contribution in [3.63, 3.8) is 0 Å². The Morgan fingerprint density at radius 3 is 2.63 bits per heavy atom. The molecule has 0 unspecified atom stereocenters. The summed E-state index contributed by atoms with van der Waals surface area (Å²) in [6.45, 7) is -0.383. The number of nitrogens with one attached hydrogen (secondary N) is 1. The monoisotopic (exact) mass is 414 g/mol. The van der Waals surface area contributed by atoms with Crippen molar-refractivity contribution in [3.8, 4) is 23.0 Å². The van der Waals surface area contributed by atoms with Crippen LogP contribution in [0.1, 0.15) is 32.1 Å². The molecule has 9 nitrogen and oxygen atoms in total. The molecule has 0 saturated heterocycles. The van der Waals surface area contributed by atoms with Gasteiger partial charge in [-0.2, -0.15) is 0 Å². The number of fused-ring (bicyclic) bond motifs is 1. The molecule has 0 aromatic heterocycles. The van der Waals surface area contributed by atoms with E-state index in [1.807, 2.05) is 0 Å². The molecular weight excluding hydrogens is 392 g/mol. The van der Waals surface area contributed by atoms with E-state index in [1.54, 1.807) is 18.2 Å². The normalized spacial score (nSPS) is 16.2. The van der Waals surface area contributed by atoms with E-state index < -0.39 is 16.6 Å². The highest BCUT2D eigenvalue weighted by Crippen LogP contribution is 2.46. The van der Waals surface area contributed by atoms with Crippen LogP contribution in [0.2, 0.25) is 0 Å². The summed E-state index contributed by atoms with van der Waals surface area (Å²) in [6.07, 6.45) is 4.99. The molecule has 1 aliphatic carbocycles. The first kappa shape index (κ1) is 19.8. The zero-order valence-corrected chi connectivity index (χ0v) is 16.5. The van der Waals surface area contributed by atoms with Gasteiger partial charge in [0, 0.05) is 24.6 Å². The molecule has 1 heterocycles. The van der Waals surface area contributed by atoms with E-state index in [4.69, 9.17) is 18.9 Å². The van der Waals surface area contributed by atoms with Gasteiger partial charge in [-0.1, -0.05) is 6.42 Å². The summed E-state index contributed by atoms with van der Waals surface area (Å²) < 4.78 is 22.4. The van der Waals surface area contributed by atoms with E-state index in [9.17, 15) is 14.9 Å². The Morgan fingerprint density at radius 2 is 1.90 bits per heavy atom. The smallest absolute Gasteiger partial charge is 0.314 e. The number of anilines is 1. The molecule has 1 spiro atoms. The lowest BCUT2D eigenvalue weighted by atomic mass is 9.94. The van der Waals surface area contributed by atoms with Crippen LogP contribution in [-0.2, 0) is 4.79 Å². The number of methoxy groups -OCH3 is 1. The van der Waals surface area contributed by atoms with Crippen molar-refractivity contribution in [2.75, 3.05) is 19.0 Å². The molecule has 9 heteroatoms. The van der Waals surface area contributed by atoms with Gasteiger partial charge in [-0.3, -0.25) is 14.9 Å². The third-order valence-corrected chi connectivity index (χ3v) is 5.16. The predicted octanol–water partition coefficient (Wildman–Crippen LogP) is 4.05. The lowest BCUT2D eigenvalue weighted by Gasteiger charge is -2.31. The van der Waals surface area contributed by atoms with Crippen LogP contribution in [0.25, 0.3) is 0 Å². The molecule has 1 amide bonds. The van der Waals surface area contributed by atoms with Gasteiger partial charge in [0.25, 0.3) is 11.7 Å². The van der Waals surface area contributed by atoms with E-state index in [0.29, 0.717) is 22.9 Å². The largest absolute Gasteiger partial charge is 0.496 e. The standard InChI is InChI=1S/C21H22N2O7/c1-27-15-6-8-17(16(12-15)23(25)26)28-13-20(24)22-14-5-7-18-19(11-14)30-21(29-18)9-3-2-4-10-21/h5-8,11-12H,2-4,9-10,13H2,1H3,(H,22,24). The summed E-state index contributed by atoms with van der Waals surface area (Å²) >= 11 is 0. The number of carbonyl (C=O) groups is 1. The lowest BCUT2D eigenvalue weighted by molar-refractivity contribution is -0.385. The van der Waals surface area contributed by atoms with Gasteiger partial charge >= 0.3 is 5.69 Å². The van der Waals surface area contributed by atoms with Gasteiger partial charge in [-0.15, -0.1) is 0 Å². The number of hydrogen-bond acceptors (Lipinski definition) is 7. The summed E-state index contributed by atoms with van der Waals surface area (Å²) in [7, 11) is 1.41. The van der Waals surface area contributed by atoms with Crippen molar-refractivity contribution < 1.29 is 28.7 Å². The summed E-state index contributed by atoms with van der Waals surface area (Å²) in [4.78, 5) is 22.9. The minimum atomic E-state index is -0.589. The first-order valence-electron chi connectivity index (χ1n) is 9.75. The Morgan fingerprint density at radius 1 is 1.13 bits per heavy atom. The topological polar surface area (TPSA) is 109 Å². The summed E-state index contributed by atoms with van der Waals surface area (Å²) in [6, 6.07) is 9.37. The molecule has 2 aromatic rings. The van der Waals surface area contributed by atoms with E-state index >= 15 is 0 Å². The second-order valence-electron chi connectivity index (χ2n) is 7.26. The highest BCUT2D eigenvalue weighted by molar-refractivity contribution is 5.92. The lowest BCUT2D eigenvalue weighted by Crippen LogP contribution is -2.40. The van der Waals surface area contributed by atoms with Crippen LogP contribution in [0.5, 0.6) is 23.0 Å². The first-order valence-corrected chi connectivity index (χ1v) is 9.75. The highest BCUT2D eigenvalue weighted by atomic mass is 16.7. The zero-order valence-electron chi connectivity index (χ0n) is 16.5. The van der Waals surface area contributed by atoms with Crippen molar-refractivity contribution in [2.24, 2.45) is 0 Å². The Labute approximate surface area is 173 Å². The van der Waals surface area contributed by atoms with Crippen molar-refractivity contribution in [1.82, 2.24) is 0 Å². The Bertz CT molecular complexity index is 970. The third-order valence-electron chi connectivity index (χ3n) is 5.16. The van der Waals surface area contributed by atoms with Gasteiger partial charge in [0.05, 0.1) is 18.1 Å².